The first-order chi connectivity index (χ1) is 19.5. The van der Waals surface area contributed by atoms with E-state index in [-0.39, 0.29) is 23.1 Å². The van der Waals surface area contributed by atoms with Crippen LogP contribution in [0.15, 0.2) is 71.9 Å². The molecule has 3 aromatic rings. The number of amides is 2. The predicted molar refractivity (Wildman–Crippen MR) is 153 cm³/mol. The lowest BCUT2D eigenvalue weighted by Crippen LogP contribution is -2.46. The van der Waals surface area contributed by atoms with E-state index in [4.69, 9.17) is 4.99 Å². The fourth-order valence-corrected chi connectivity index (χ4v) is 7.08. The molecule has 0 radical (unpaired) electrons. The maximum atomic E-state index is 14.7. The standard InChI is InChI=1S/C33H31FN4O2/c34-27-12-4-3-10-25(27)28-30(39)38(33(37-28)15-5-1-2-6-16-33)18-8-9-22-13-14-23-20-32(21-24(23)19-22)26-11-7-17-35-29(26)36-31(32)40/h3-4,7-14,17,19H,1-2,5-6,15-16,18,20-21H2,(H,35,36,40)/b9-8+/t32-/m1/s1. The number of carbonyl (C=O) groups excluding carboxylic acids is 2. The Balaban J connectivity index is 1.13. The second kappa shape index (κ2) is 9.51. The Morgan fingerprint density at radius 1 is 0.950 bits per heavy atom. The van der Waals surface area contributed by atoms with Crippen LogP contribution in [0, 0.1) is 5.82 Å². The van der Waals surface area contributed by atoms with Crippen LogP contribution >= 0.6 is 0 Å². The van der Waals surface area contributed by atoms with Crippen molar-refractivity contribution in [1.82, 2.24) is 9.88 Å². The molecule has 202 valence electrons. The van der Waals surface area contributed by atoms with Crippen LogP contribution in [0.3, 0.4) is 0 Å². The third-order valence-corrected chi connectivity index (χ3v) is 9.11. The molecule has 2 aliphatic carbocycles. The van der Waals surface area contributed by atoms with E-state index in [0.717, 1.165) is 55.2 Å². The van der Waals surface area contributed by atoms with E-state index < -0.39 is 16.9 Å². The van der Waals surface area contributed by atoms with Crippen LogP contribution in [-0.2, 0) is 27.8 Å². The van der Waals surface area contributed by atoms with Crippen LogP contribution in [0.1, 0.15) is 66.3 Å². The van der Waals surface area contributed by atoms with Gasteiger partial charge in [-0.3, -0.25) is 14.6 Å². The molecule has 2 aromatic carbocycles. The minimum Gasteiger partial charge on any atom is -0.310 e. The van der Waals surface area contributed by atoms with Gasteiger partial charge in [-0.05, 0) is 73.4 Å². The van der Waals surface area contributed by atoms with Crippen molar-refractivity contribution in [2.24, 2.45) is 4.99 Å². The third kappa shape index (κ3) is 3.90. The molecule has 1 N–H and O–H groups in total. The SMILES string of the molecule is O=C1C(c2ccccc2F)=NC2(CCCCCC2)N1C/C=C/c1ccc2c(c1)C[C@@]1(C2)C(=O)Nc2ncccc21. The molecule has 1 saturated carbocycles. The number of fused-ring (bicyclic) bond motifs is 3. The molecule has 2 amide bonds. The number of halogens is 1. The van der Waals surface area contributed by atoms with Crippen LogP contribution in [0.2, 0.25) is 0 Å². The minimum atomic E-state index is -0.614. The van der Waals surface area contributed by atoms with Crippen molar-refractivity contribution in [1.29, 1.82) is 0 Å². The predicted octanol–water partition coefficient (Wildman–Crippen LogP) is 5.60. The van der Waals surface area contributed by atoms with Crippen LogP contribution in [0.4, 0.5) is 10.2 Å². The molecule has 1 aromatic heterocycles. The average molecular weight is 535 g/mol. The molecule has 2 aliphatic heterocycles. The Kier molecular flexibility index (Phi) is 5.91. The van der Waals surface area contributed by atoms with E-state index >= 15 is 0 Å². The number of benzene rings is 2. The molecule has 0 unspecified atom stereocenters. The van der Waals surface area contributed by atoms with E-state index in [1.807, 2.05) is 29.2 Å². The van der Waals surface area contributed by atoms with Crippen LogP contribution in [0.5, 0.6) is 0 Å². The van der Waals surface area contributed by atoms with Crippen molar-refractivity contribution >= 4 is 29.4 Å². The quantitative estimate of drug-likeness (QED) is 0.473. The van der Waals surface area contributed by atoms with Gasteiger partial charge in [-0.25, -0.2) is 9.37 Å². The van der Waals surface area contributed by atoms with Gasteiger partial charge in [-0.15, -0.1) is 0 Å². The Morgan fingerprint density at radius 2 is 1.75 bits per heavy atom. The Bertz CT molecular complexity index is 1590. The number of pyridine rings is 1. The summed E-state index contributed by atoms with van der Waals surface area (Å²) in [5.41, 5.74) is 3.65. The summed E-state index contributed by atoms with van der Waals surface area (Å²) >= 11 is 0. The van der Waals surface area contributed by atoms with E-state index in [1.165, 1.54) is 11.6 Å². The number of aliphatic imine (C=N–C) groups is 1. The normalized spacial score (nSPS) is 23.0. The van der Waals surface area contributed by atoms with Crippen molar-refractivity contribution in [3.8, 4) is 0 Å². The summed E-state index contributed by atoms with van der Waals surface area (Å²) in [7, 11) is 0. The zero-order valence-corrected chi connectivity index (χ0v) is 22.3. The molecular weight excluding hydrogens is 503 g/mol. The van der Waals surface area contributed by atoms with E-state index in [9.17, 15) is 14.0 Å². The summed E-state index contributed by atoms with van der Waals surface area (Å²) in [5.74, 6) is 0.0644. The topological polar surface area (TPSA) is 74.7 Å². The number of hydrogen-bond acceptors (Lipinski definition) is 4. The van der Waals surface area contributed by atoms with Crippen LogP contribution in [-0.4, -0.2) is 39.6 Å². The Morgan fingerprint density at radius 3 is 2.58 bits per heavy atom. The van der Waals surface area contributed by atoms with E-state index in [1.54, 1.807) is 24.4 Å². The van der Waals surface area contributed by atoms with Gasteiger partial charge in [0, 0.05) is 23.9 Å². The fourth-order valence-electron chi connectivity index (χ4n) is 7.08. The molecule has 0 bridgehead atoms. The van der Waals surface area contributed by atoms with Gasteiger partial charge in [0.05, 0.1) is 5.41 Å². The first-order valence-electron chi connectivity index (χ1n) is 14.2. The van der Waals surface area contributed by atoms with Crippen molar-refractivity contribution < 1.29 is 14.0 Å². The van der Waals surface area contributed by atoms with Crippen LogP contribution < -0.4 is 5.32 Å². The lowest BCUT2D eigenvalue weighted by Gasteiger charge is -2.35. The van der Waals surface area contributed by atoms with Gasteiger partial charge in [-0.2, -0.15) is 0 Å². The molecule has 0 saturated heterocycles. The van der Waals surface area contributed by atoms with Crippen molar-refractivity contribution in [3.63, 3.8) is 0 Å². The second-order valence-electron chi connectivity index (χ2n) is 11.5. The monoisotopic (exact) mass is 534 g/mol. The first kappa shape index (κ1) is 24.9. The maximum Gasteiger partial charge on any atom is 0.275 e. The highest BCUT2D eigenvalue weighted by atomic mass is 19.1. The summed E-state index contributed by atoms with van der Waals surface area (Å²) in [6.45, 7) is 0.406. The number of aromatic nitrogens is 1. The van der Waals surface area contributed by atoms with Gasteiger partial charge in [0.15, 0.2) is 0 Å². The summed E-state index contributed by atoms with van der Waals surface area (Å²) in [4.78, 5) is 37.9. The van der Waals surface area contributed by atoms with Crippen molar-refractivity contribution in [2.45, 2.75) is 62.4 Å². The molecule has 6 nitrogen and oxygen atoms in total. The molecular formula is C33H31FN4O2. The van der Waals surface area contributed by atoms with Crippen molar-refractivity contribution in [2.75, 3.05) is 11.9 Å². The molecule has 3 heterocycles. The van der Waals surface area contributed by atoms with Crippen LogP contribution in [0.25, 0.3) is 6.08 Å². The first-order valence-corrected chi connectivity index (χ1v) is 14.2. The number of anilines is 1. The molecule has 40 heavy (non-hydrogen) atoms. The third-order valence-electron chi connectivity index (χ3n) is 9.11. The van der Waals surface area contributed by atoms with Crippen molar-refractivity contribution in [3.05, 3.63) is 101 Å². The molecule has 2 spiro atoms. The summed E-state index contributed by atoms with van der Waals surface area (Å²) in [6.07, 6.45) is 12.9. The zero-order valence-electron chi connectivity index (χ0n) is 22.3. The largest absolute Gasteiger partial charge is 0.310 e. The average Bonchev–Trinajstić information content (AvgIpc) is 3.48. The number of nitrogens with zero attached hydrogens (tertiary/aromatic N) is 3. The Hall–Kier alpha value is -4.13. The number of hydrogen-bond donors (Lipinski definition) is 1. The fraction of sp³-hybridized carbons (Fsp3) is 0.333. The minimum absolute atomic E-state index is 0.0152. The molecule has 7 heteroatoms. The van der Waals surface area contributed by atoms with Gasteiger partial charge in [0.1, 0.15) is 23.0 Å². The van der Waals surface area contributed by atoms with E-state index in [0.29, 0.717) is 25.2 Å². The smallest absolute Gasteiger partial charge is 0.275 e. The van der Waals surface area contributed by atoms with Gasteiger partial charge in [0.25, 0.3) is 5.91 Å². The van der Waals surface area contributed by atoms with E-state index in [2.05, 4.69) is 28.5 Å². The van der Waals surface area contributed by atoms with Gasteiger partial charge in [0.2, 0.25) is 5.91 Å². The molecule has 4 aliphatic rings. The highest BCUT2D eigenvalue weighted by molar-refractivity contribution is 6.46. The maximum absolute atomic E-state index is 14.7. The Labute approximate surface area is 233 Å². The molecule has 1 fully saturated rings. The highest BCUT2D eigenvalue weighted by Crippen LogP contribution is 2.46. The summed E-state index contributed by atoms with van der Waals surface area (Å²) < 4.78 is 14.7. The summed E-state index contributed by atoms with van der Waals surface area (Å²) in [5, 5.41) is 2.96. The lowest BCUT2D eigenvalue weighted by molar-refractivity contribution is -0.127. The van der Waals surface area contributed by atoms with Gasteiger partial charge in [-0.1, -0.05) is 61.4 Å². The second-order valence-corrected chi connectivity index (χ2v) is 11.5. The molecule has 1 atom stereocenters. The number of nitrogens with one attached hydrogen (secondary N) is 1. The summed E-state index contributed by atoms with van der Waals surface area (Å²) in [6, 6.07) is 16.6. The number of rotatable bonds is 4. The zero-order chi connectivity index (χ0) is 27.3. The number of carbonyl (C=O) groups is 2. The highest BCUT2D eigenvalue weighted by Gasteiger charge is 2.51. The van der Waals surface area contributed by atoms with Gasteiger partial charge < -0.3 is 10.2 Å². The lowest BCUT2D eigenvalue weighted by atomic mass is 9.79. The molecule has 7 rings (SSSR count). The van der Waals surface area contributed by atoms with Gasteiger partial charge >= 0.3 is 0 Å².